The first-order valence-corrected chi connectivity index (χ1v) is 12.0. The minimum atomic E-state index is -1.40. The third kappa shape index (κ3) is 7.44. The summed E-state index contributed by atoms with van der Waals surface area (Å²) in [6.45, 7) is 2.45. The lowest BCUT2D eigenvalue weighted by Gasteiger charge is -2.49. The molecule has 0 aromatic heterocycles. The van der Waals surface area contributed by atoms with E-state index in [1.165, 1.54) is 18.7 Å². The van der Waals surface area contributed by atoms with E-state index in [9.17, 15) is 43.8 Å². The van der Waals surface area contributed by atoms with Crippen LogP contribution in [0, 0.1) is 0 Å². The van der Waals surface area contributed by atoms with E-state index in [-0.39, 0.29) is 42.9 Å². The number of rotatable bonds is 13. The standard InChI is InChI=1S/C21H27N3O11S/c1-3-34-21(33)22-12(19(29)30)5-4-6-13(26)23-15-17(28)24-16(20(31)32)11(9-36-18(15)24)8-35-14(27)7-10(2)25/h12,15,18H,3-9H2,1-2H3,(H,22,33)(H,23,26)(H,29,30)(H,31,32)/t12-,15-,18-/m1/s1. The number of ketones is 1. The van der Waals surface area contributed by atoms with Gasteiger partial charge in [-0.2, -0.15) is 0 Å². The average Bonchev–Trinajstić information content (AvgIpc) is 2.79. The van der Waals surface area contributed by atoms with Crippen LogP contribution >= 0.6 is 11.8 Å². The second kappa shape index (κ2) is 12.9. The van der Waals surface area contributed by atoms with Gasteiger partial charge in [-0.15, -0.1) is 11.8 Å². The Bertz CT molecular complexity index is 980. The Morgan fingerprint density at radius 3 is 2.44 bits per heavy atom. The van der Waals surface area contributed by atoms with Gasteiger partial charge in [0.15, 0.2) is 0 Å². The van der Waals surface area contributed by atoms with Crippen LogP contribution in [0.3, 0.4) is 0 Å². The number of aliphatic carboxylic acids is 2. The molecular formula is C21H27N3O11S. The smallest absolute Gasteiger partial charge is 0.407 e. The third-order valence-corrected chi connectivity index (χ3v) is 6.47. The topological polar surface area (TPSA) is 206 Å². The molecule has 0 bridgehead atoms. The Hall–Kier alpha value is -3.62. The van der Waals surface area contributed by atoms with Crippen LogP contribution < -0.4 is 10.6 Å². The van der Waals surface area contributed by atoms with Gasteiger partial charge in [0, 0.05) is 17.7 Å². The van der Waals surface area contributed by atoms with Gasteiger partial charge in [0.05, 0.1) is 6.61 Å². The van der Waals surface area contributed by atoms with Crippen LogP contribution in [0.1, 0.15) is 39.5 Å². The van der Waals surface area contributed by atoms with E-state index >= 15 is 0 Å². The molecule has 0 spiro atoms. The predicted octanol–water partition coefficient (Wildman–Crippen LogP) is -0.383. The van der Waals surface area contributed by atoms with Crippen LogP contribution in [0.5, 0.6) is 0 Å². The maximum absolute atomic E-state index is 12.6. The van der Waals surface area contributed by atoms with Crippen molar-refractivity contribution in [2.45, 2.75) is 57.0 Å². The summed E-state index contributed by atoms with van der Waals surface area (Å²) in [7, 11) is 0. The zero-order valence-electron chi connectivity index (χ0n) is 19.6. The normalized spacial score (nSPS) is 19.4. The third-order valence-electron chi connectivity index (χ3n) is 5.13. The number of carbonyl (C=O) groups is 7. The van der Waals surface area contributed by atoms with Crippen molar-refractivity contribution in [3.8, 4) is 0 Å². The van der Waals surface area contributed by atoms with Gasteiger partial charge >= 0.3 is 24.0 Å². The van der Waals surface area contributed by atoms with Gasteiger partial charge in [0.2, 0.25) is 5.91 Å². The number of hydrogen-bond donors (Lipinski definition) is 4. The summed E-state index contributed by atoms with van der Waals surface area (Å²) in [6, 6.07) is -2.23. The van der Waals surface area contributed by atoms with Gasteiger partial charge in [-0.05, 0) is 26.7 Å². The van der Waals surface area contributed by atoms with Gasteiger partial charge < -0.3 is 30.3 Å². The number of Topliss-reactive ketones (excluding diaryl/α,β-unsaturated/α-hetero) is 1. The van der Waals surface area contributed by atoms with Crippen molar-refractivity contribution in [3.05, 3.63) is 11.3 Å². The minimum absolute atomic E-state index is 0.0535. The van der Waals surface area contributed by atoms with E-state index in [0.717, 1.165) is 4.90 Å². The Kier molecular flexibility index (Phi) is 10.3. The highest BCUT2D eigenvalue weighted by atomic mass is 32.2. The summed E-state index contributed by atoms with van der Waals surface area (Å²) in [6.07, 6.45) is -1.43. The summed E-state index contributed by atoms with van der Waals surface area (Å²) in [5, 5.41) is 22.8. The molecule has 2 aliphatic rings. The molecular weight excluding hydrogens is 502 g/mol. The molecule has 15 heteroatoms. The molecule has 0 aromatic carbocycles. The van der Waals surface area contributed by atoms with Gasteiger partial charge in [-0.25, -0.2) is 14.4 Å². The van der Waals surface area contributed by atoms with Crippen LogP contribution in [-0.4, -0.2) is 93.1 Å². The molecule has 4 N–H and O–H groups in total. The molecule has 1 fully saturated rings. The van der Waals surface area contributed by atoms with E-state index in [1.54, 1.807) is 6.92 Å². The fourth-order valence-electron chi connectivity index (χ4n) is 3.50. The number of carbonyl (C=O) groups excluding carboxylic acids is 5. The highest BCUT2D eigenvalue weighted by Gasteiger charge is 2.54. The lowest BCUT2D eigenvalue weighted by molar-refractivity contribution is -0.151. The summed E-state index contributed by atoms with van der Waals surface area (Å²) in [4.78, 5) is 83.1. The number of alkyl carbamates (subject to hydrolysis) is 1. The van der Waals surface area contributed by atoms with Crippen molar-refractivity contribution in [1.82, 2.24) is 15.5 Å². The molecule has 0 aliphatic carbocycles. The zero-order valence-corrected chi connectivity index (χ0v) is 20.4. The first-order valence-electron chi connectivity index (χ1n) is 11.0. The van der Waals surface area contributed by atoms with Crippen LogP contribution in [0.15, 0.2) is 11.3 Å². The SMILES string of the molecule is CCOC(=O)N[C@H](CCCC(=O)N[C@@H]1C(=O)N2C(C(=O)O)=C(COC(=O)CC(C)=O)CS[C@H]12)C(=O)O. The summed E-state index contributed by atoms with van der Waals surface area (Å²) < 4.78 is 9.59. The maximum atomic E-state index is 12.6. The van der Waals surface area contributed by atoms with E-state index < -0.39 is 72.1 Å². The monoisotopic (exact) mass is 529 g/mol. The van der Waals surface area contributed by atoms with Crippen molar-refractivity contribution in [2.75, 3.05) is 19.0 Å². The van der Waals surface area contributed by atoms with Gasteiger partial charge in [0.25, 0.3) is 5.91 Å². The maximum Gasteiger partial charge on any atom is 0.407 e. The molecule has 36 heavy (non-hydrogen) atoms. The summed E-state index contributed by atoms with van der Waals surface area (Å²) in [5.74, 6) is -4.98. The molecule has 2 rings (SSSR count). The van der Waals surface area contributed by atoms with Gasteiger partial charge in [0.1, 0.15) is 42.0 Å². The first kappa shape index (κ1) is 28.6. The van der Waals surface area contributed by atoms with Gasteiger partial charge in [-0.3, -0.25) is 24.1 Å². The Balaban J connectivity index is 1.91. The van der Waals surface area contributed by atoms with Crippen molar-refractivity contribution in [3.63, 3.8) is 0 Å². The highest BCUT2D eigenvalue weighted by molar-refractivity contribution is 8.00. The van der Waals surface area contributed by atoms with Crippen LogP contribution in [0.4, 0.5) is 4.79 Å². The van der Waals surface area contributed by atoms with Crippen LogP contribution in [-0.2, 0) is 38.2 Å². The first-order chi connectivity index (χ1) is 17.0. The average molecular weight is 530 g/mol. The van der Waals surface area contributed by atoms with E-state index in [1.807, 2.05) is 0 Å². The van der Waals surface area contributed by atoms with Crippen molar-refractivity contribution >= 4 is 53.4 Å². The highest BCUT2D eigenvalue weighted by Crippen LogP contribution is 2.40. The number of esters is 1. The quantitative estimate of drug-likeness (QED) is 0.137. The number of hydrogen-bond acceptors (Lipinski definition) is 10. The van der Waals surface area contributed by atoms with Crippen molar-refractivity contribution < 1.29 is 53.2 Å². The van der Waals surface area contributed by atoms with E-state index in [4.69, 9.17) is 4.74 Å². The fourth-order valence-corrected chi connectivity index (χ4v) is 4.83. The van der Waals surface area contributed by atoms with Crippen LogP contribution in [0.25, 0.3) is 0 Å². The van der Waals surface area contributed by atoms with E-state index in [0.29, 0.717) is 0 Å². The number of thioether (sulfide) groups is 1. The molecule has 0 radical (unpaired) electrons. The molecule has 2 aliphatic heterocycles. The number of nitrogens with zero attached hydrogens (tertiary/aromatic N) is 1. The molecule has 14 nitrogen and oxygen atoms in total. The molecule has 0 saturated carbocycles. The molecule has 0 unspecified atom stereocenters. The predicted molar refractivity (Wildman–Crippen MR) is 121 cm³/mol. The Morgan fingerprint density at radius 1 is 1.17 bits per heavy atom. The van der Waals surface area contributed by atoms with Crippen LogP contribution in [0.2, 0.25) is 0 Å². The number of amides is 3. The number of carboxylic acids is 2. The largest absolute Gasteiger partial charge is 0.480 e. The lowest BCUT2D eigenvalue weighted by atomic mass is 10.0. The molecule has 0 aromatic rings. The number of ether oxygens (including phenoxy) is 2. The second-order valence-corrected chi connectivity index (χ2v) is 9.00. The van der Waals surface area contributed by atoms with Crippen molar-refractivity contribution in [1.29, 1.82) is 0 Å². The summed E-state index contributed by atoms with van der Waals surface area (Å²) in [5.41, 5.74) is -0.146. The molecule has 198 valence electrons. The number of nitrogens with one attached hydrogen (secondary N) is 2. The lowest BCUT2D eigenvalue weighted by Crippen LogP contribution is -2.70. The Labute approximate surface area is 209 Å². The number of β-lactam (4-membered cyclic amide) rings is 1. The fraction of sp³-hybridized carbons (Fsp3) is 0.571. The van der Waals surface area contributed by atoms with Crippen molar-refractivity contribution in [2.24, 2.45) is 0 Å². The second-order valence-electron chi connectivity index (χ2n) is 7.90. The number of fused-ring (bicyclic) bond motifs is 1. The van der Waals surface area contributed by atoms with Gasteiger partial charge in [-0.1, -0.05) is 0 Å². The molecule has 2 heterocycles. The number of carboxylic acid groups (broad SMARTS) is 2. The molecule has 1 saturated heterocycles. The van der Waals surface area contributed by atoms with E-state index in [2.05, 4.69) is 15.4 Å². The Morgan fingerprint density at radius 2 is 1.86 bits per heavy atom. The zero-order chi connectivity index (χ0) is 27.0. The molecule has 3 atom stereocenters. The molecule has 3 amide bonds. The summed E-state index contributed by atoms with van der Waals surface area (Å²) >= 11 is 1.18. The minimum Gasteiger partial charge on any atom is -0.480 e.